The highest BCUT2D eigenvalue weighted by Gasteiger charge is 2.41. The smallest absolute Gasteiger partial charge is 0.227 e. The van der Waals surface area contributed by atoms with Gasteiger partial charge in [0.15, 0.2) is 14.6 Å². The first-order valence-electron chi connectivity index (χ1n) is 5.17. The van der Waals surface area contributed by atoms with Crippen LogP contribution in [0.1, 0.15) is 19.8 Å². The van der Waals surface area contributed by atoms with Crippen molar-refractivity contribution in [2.24, 2.45) is 0 Å². The molecule has 0 aromatic carbocycles. The molecule has 0 fully saturated rings. The average Bonchev–Trinajstić information content (AvgIpc) is 2.23. The van der Waals surface area contributed by atoms with Gasteiger partial charge in [-0.15, -0.1) is 0 Å². The minimum atomic E-state index is -4.73. The first kappa shape index (κ1) is 18.8. The highest BCUT2D eigenvalue weighted by molar-refractivity contribution is 7.93. The van der Waals surface area contributed by atoms with Crippen LogP contribution in [0.15, 0.2) is 12.2 Å². The fraction of sp³-hybridized carbons (Fsp3) is 0.700. The molecule has 0 spiro atoms. The third kappa shape index (κ3) is 6.27. The monoisotopic (exact) mass is 323 g/mol. The third-order valence-electron chi connectivity index (χ3n) is 2.39. The van der Waals surface area contributed by atoms with Crippen LogP contribution in [0, 0.1) is 11.3 Å². The molecular weight excluding hydrogens is 312 g/mol. The molecule has 0 saturated heterocycles. The van der Waals surface area contributed by atoms with Crippen molar-refractivity contribution >= 4 is 9.84 Å². The van der Waals surface area contributed by atoms with E-state index in [0.29, 0.717) is 6.08 Å². The molecule has 10 heteroatoms. The number of rotatable bonds is 5. The predicted molar refractivity (Wildman–Crippen MR) is 58.3 cm³/mol. The number of hydrogen-bond donors (Lipinski definition) is 0. The standard InChI is InChI=1S/C10H11F6NO2S/c1-8(7-17,3-2-4-9(11,12)13)20(18,19)6-5-10(14,15)16/h2,4H,3,5-6H2,1H3/b4-2+. The normalized spacial score (nSPS) is 16.9. The molecule has 0 amide bonds. The van der Waals surface area contributed by atoms with E-state index < -0.39 is 45.5 Å². The van der Waals surface area contributed by atoms with Crippen LogP contribution in [0.25, 0.3) is 0 Å². The van der Waals surface area contributed by atoms with Crippen molar-refractivity contribution in [3.05, 3.63) is 12.2 Å². The van der Waals surface area contributed by atoms with E-state index >= 15 is 0 Å². The summed E-state index contributed by atoms with van der Waals surface area (Å²) in [6, 6.07) is 1.27. The van der Waals surface area contributed by atoms with Gasteiger partial charge < -0.3 is 0 Å². The van der Waals surface area contributed by atoms with Gasteiger partial charge in [-0.05, 0) is 13.3 Å². The minimum Gasteiger partial charge on any atom is -0.227 e. The van der Waals surface area contributed by atoms with E-state index in [1.54, 1.807) is 0 Å². The van der Waals surface area contributed by atoms with Crippen LogP contribution in [-0.2, 0) is 9.84 Å². The molecule has 1 atom stereocenters. The van der Waals surface area contributed by atoms with Crippen molar-refractivity contribution in [3.63, 3.8) is 0 Å². The van der Waals surface area contributed by atoms with Gasteiger partial charge in [0, 0.05) is 6.08 Å². The molecule has 3 nitrogen and oxygen atoms in total. The SMILES string of the molecule is CC(C#N)(C/C=C/C(F)(F)F)S(=O)(=O)CCC(F)(F)F. The van der Waals surface area contributed by atoms with Crippen LogP contribution in [0.4, 0.5) is 26.3 Å². The number of alkyl halides is 6. The Hall–Kier alpha value is -1.24. The molecular formula is C10H11F6NO2S. The van der Waals surface area contributed by atoms with Crippen LogP contribution >= 0.6 is 0 Å². The lowest BCUT2D eigenvalue weighted by atomic mass is 10.1. The average molecular weight is 323 g/mol. The maximum Gasteiger partial charge on any atom is 0.409 e. The molecule has 0 aromatic rings. The molecule has 0 aliphatic carbocycles. The summed E-state index contributed by atoms with van der Waals surface area (Å²) in [7, 11) is -4.52. The molecule has 0 rings (SSSR count). The summed E-state index contributed by atoms with van der Waals surface area (Å²) in [5, 5.41) is 8.75. The maximum atomic E-state index is 12.0. The Morgan fingerprint density at radius 3 is 2.00 bits per heavy atom. The van der Waals surface area contributed by atoms with Crippen molar-refractivity contribution in [3.8, 4) is 6.07 Å². The van der Waals surface area contributed by atoms with Crippen molar-refractivity contribution in [1.82, 2.24) is 0 Å². The zero-order valence-electron chi connectivity index (χ0n) is 10.2. The van der Waals surface area contributed by atoms with Crippen LogP contribution < -0.4 is 0 Å². The summed E-state index contributed by atoms with van der Waals surface area (Å²) in [4.78, 5) is 0. The summed E-state index contributed by atoms with van der Waals surface area (Å²) < 4.78 is 92.5. The van der Waals surface area contributed by atoms with E-state index in [1.165, 1.54) is 6.07 Å². The first-order chi connectivity index (χ1) is 8.72. The van der Waals surface area contributed by atoms with E-state index in [9.17, 15) is 34.8 Å². The van der Waals surface area contributed by atoms with Gasteiger partial charge >= 0.3 is 12.4 Å². The number of allylic oxidation sites excluding steroid dienone is 2. The van der Waals surface area contributed by atoms with Crippen molar-refractivity contribution in [2.75, 3.05) is 5.75 Å². The summed E-state index contributed by atoms with van der Waals surface area (Å²) in [5.41, 5.74) is 0. The van der Waals surface area contributed by atoms with E-state index in [2.05, 4.69) is 0 Å². The molecule has 0 bridgehead atoms. The minimum absolute atomic E-state index is 0.262. The van der Waals surface area contributed by atoms with Crippen molar-refractivity contribution in [1.29, 1.82) is 5.26 Å². The highest BCUT2D eigenvalue weighted by Crippen LogP contribution is 2.28. The van der Waals surface area contributed by atoms with Gasteiger partial charge in [0.1, 0.15) is 0 Å². The molecule has 0 aromatic heterocycles. The van der Waals surface area contributed by atoms with Crippen LogP contribution in [0.3, 0.4) is 0 Å². The number of sulfone groups is 1. The Morgan fingerprint density at radius 1 is 1.15 bits per heavy atom. The van der Waals surface area contributed by atoms with Gasteiger partial charge in [-0.1, -0.05) is 6.08 Å². The van der Waals surface area contributed by atoms with Crippen molar-refractivity contribution < 1.29 is 34.8 Å². The van der Waals surface area contributed by atoms with Crippen LogP contribution in [-0.4, -0.2) is 31.3 Å². The van der Waals surface area contributed by atoms with E-state index in [1.807, 2.05) is 0 Å². The Bertz CT molecular complexity index is 499. The Labute approximate surface area is 111 Å². The van der Waals surface area contributed by atoms with Gasteiger partial charge in [-0.25, -0.2) is 8.42 Å². The second kappa shape index (κ2) is 6.03. The molecule has 116 valence electrons. The molecule has 20 heavy (non-hydrogen) atoms. The number of hydrogen-bond acceptors (Lipinski definition) is 3. The van der Waals surface area contributed by atoms with Crippen LogP contribution in [0.2, 0.25) is 0 Å². The summed E-state index contributed by atoms with van der Waals surface area (Å²) in [5.74, 6) is -1.35. The van der Waals surface area contributed by atoms with E-state index in [0.717, 1.165) is 6.92 Å². The summed E-state index contributed by atoms with van der Waals surface area (Å²) in [6.07, 6.45) is -11.8. The molecule has 0 N–H and O–H groups in total. The topological polar surface area (TPSA) is 57.9 Å². The predicted octanol–water partition coefficient (Wildman–Crippen LogP) is 3.14. The van der Waals surface area contributed by atoms with Gasteiger partial charge in [0.2, 0.25) is 0 Å². The molecule has 0 aliphatic rings. The lowest BCUT2D eigenvalue weighted by molar-refractivity contribution is -0.130. The lowest BCUT2D eigenvalue weighted by Gasteiger charge is -2.20. The van der Waals surface area contributed by atoms with Gasteiger partial charge in [-0.3, -0.25) is 0 Å². The van der Waals surface area contributed by atoms with E-state index in [4.69, 9.17) is 5.26 Å². The molecule has 0 heterocycles. The Kier molecular flexibility index (Phi) is 5.66. The molecule has 0 saturated carbocycles. The fourth-order valence-corrected chi connectivity index (χ4v) is 2.57. The lowest BCUT2D eigenvalue weighted by Crippen LogP contribution is -2.36. The molecule has 0 radical (unpaired) electrons. The number of nitriles is 1. The highest BCUT2D eigenvalue weighted by atomic mass is 32.2. The first-order valence-corrected chi connectivity index (χ1v) is 6.82. The number of nitrogens with zero attached hydrogens (tertiary/aromatic N) is 1. The van der Waals surface area contributed by atoms with Crippen molar-refractivity contribution in [2.45, 2.75) is 36.9 Å². The van der Waals surface area contributed by atoms with E-state index in [-0.39, 0.29) is 6.08 Å². The quantitative estimate of drug-likeness (QED) is 0.577. The van der Waals surface area contributed by atoms with Gasteiger partial charge in [0.25, 0.3) is 0 Å². The summed E-state index contributed by atoms with van der Waals surface area (Å²) in [6.45, 7) is 0.791. The van der Waals surface area contributed by atoms with Gasteiger partial charge in [0.05, 0.1) is 18.2 Å². The summed E-state index contributed by atoms with van der Waals surface area (Å²) >= 11 is 0. The fourth-order valence-electron chi connectivity index (χ4n) is 1.13. The van der Waals surface area contributed by atoms with Gasteiger partial charge in [-0.2, -0.15) is 31.6 Å². The zero-order chi connectivity index (χ0) is 16.2. The molecule has 1 unspecified atom stereocenters. The second-order valence-electron chi connectivity index (χ2n) is 4.17. The largest absolute Gasteiger partial charge is 0.409 e. The Morgan fingerprint density at radius 2 is 1.65 bits per heavy atom. The zero-order valence-corrected chi connectivity index (χ0v) is 11.0. The maximum absolute atomic E-state index is 12.0. The Balaban J connectivity index is 5.05. The number of halogens is 6. The second-order valence-corrected chi connectivity index (χ2v) is 6.71. The molecule has 0 aliphatic heterocycles. The third-order valence-corrected chi connectivity index (χ3v) is 4.76. The van der Waals surface area contributed by atoms with Crippen LogP contribution in [0.5, 0.6) is 0 Å².